The maximum atomic E-state index is 14.2. The molecule has 1 aromatic heterocycles. The zero-order chi connectivity index (χ0) is 47.9. The highest BCUT2D eigenvalue weighted by molar-refractivity contribution is 7.80. The van der Waals surface area contributed by atoms with E-state index in [1.165, 1.54) is 12.5 Å². The van der Waals surface area contributed by atoms with E-state index in [1.807, 2.05) is 0 Å². The minimum absolute atomic E-state index is 0.0139. The van der Waals surface area contributed by atoms with Crippen LogP contribution in [0.15, 0.2) is 42.9 Å². The molecule has 0 aliphatic carbocycles. The van der Waals surface area contributed by atoms with Crippen molar-refractivity contribution in [2.75, 3.05) is 18.8 Å². The Labute approximate surface area is 376 Å². The van der Waals surface area contributed by atoms with Crippen LogP contribution in [0, 0.1) is 11.8 Å². The molecule has 2 rings (SSSR count). The topological polar surface area (TPSA) is 359 Å². The molecular weight excluding hydrogens is 855 g/mol. The maximum Gasteiger partial charge on any atom is 0.327 e. The molecule has 0 fully saturated rings. The highest BCUT2D eigenvalue weighted by Gasteiger charge is 2.34. The van der Waals surface area contributed by atoms with E-state index in [4.69, 9.17) is 11.5 Å². The highest BCUT2D eigenvalue weighted by atomic mass is 32.1. The predicted molar refractivity (Wildman–Crippen MR) is 236 cm³/mol. The first kappa shape index (κ1) is 54.1. The molecule has 0 radical (unpaired) electrons. The van der Waals surface area contributed by atoms with E-state index >= 15 is 0 Å². The monoisotopic (exact) mass is 917 g/mol. The number of hydrogen-bond donors (Lipinski definition) is 13. The fourth-order valence-corrected chi connectivity index (χ4v) is 6.36. The Hall–Kier alpha value is -6.07. The Balaban J connectivity index is 2.39. The number of hydrogen-bond acceptors (Lipinski definition) is 13. The maximum absolute atomic E-state index is 14.2. The molecule has 0 aliphatic rings. The van der Waals surface area contributed by atoms with Crippen LogP contribution in [0.3, 0.4) is 0 Å². The molecule has 1 heterocycles. The van der Waals surface area contributed by atoms with Crippen molar-refractivity contribution in [1.29, 1.82) is 0 Å². The summed E-state index contributed by atoms with van der Waals surface area (Å²) in [6.07, 6.45) is 2.58. The summed E-state index contributed by atoms with van der Waals surface area (Å²) >= 11 is 4.00. The number of benzene rings is 1. The molecule has 0 saturated carbocycles. The largest absolute Gasteiger partial charge is 0.481 e. The van der Waals surface area contributed by atoms with E-state index in [0.29, 0.717) is 24.1 Å². The van der Waals surface area contributed by atoms with Crippen LogP contribution >= 0.6 is 12.6 Å². The Morgan fingerprint density at radius 3 is 1.78 bits per heavy atom. The molecule has 0 saturated heterocycles. The number of carbonyl (C=O) groups is 9. The van der Waals surface area contributed by atoms with Crippen LogP contribution < -0.4 is 48.7 Å². The molecule has 7 amide bonds. The third-order valence-electron chi connectivity index (χ3n) is 9.71. The van der Waals surface area contributed by atoms with Crippen molar-refractivity contribution < 1.29 is 53.4 Å². The fourth-order valence-electron chi connectivity index (χ4n) is 6.11. The molecule has 2 aromatic rings. The Kier molecular flexibility index (Phi) is 23.5. The average molecular weight is 918 g/mol. The molecular formula is C41H63N11O11S. The van der Waals surface area contributed by atoms with Gasteiger partial charge in [0.15, 0.2) is 0 Å². The number of nitrogens with one attached hydrogen (secondary N) is 8. The number of unbranched alkanes of at least 4 members (excludes halogenated alkanes) is 1. The average Bonchev–Trinajstić information content (AvgIpc) is 3.76. The summed E-state index contributed by atoms with van der Waals surface area (Å²) in [4.78, 5) is 125. The number of thiol groups is 1. The van der Waals surface area contributed by atoms with E-state index < -0.39 is 109 Å². The lowest BCUT2D eigenvalue weighted by Gasteiger charge is -2.28. The number of carbonyl (C=O) groups excluding carboxylic acids is 7. The van der Waals surface area contributed by atoms with Gasteiger partial charge in [-0.05, 0) is 49.6 Å². The molecule has 0 bridgehead atoms. The van der Waals surface area contributed by atoms with Crippen molar-refractivity contribution in [2.45, 2.75) is 115 Å². The Bertz CT molecular complexity index is 1870. The minimum atomic E-state index is -1.67. The first-order valence-electron chi connectivity index (χ1n) is 20.9. The van der Waals surface area contributed by atoms with Crippen molar-refractivity contribution >= 4 is 65.9 Å². The molecule has 0 aliphatic heterocycles. The second-order valence-corrected chi connectivity index (χ2v) is 16.3. The van der Waals surface area contributed by atoms with Gasteiger partial charge in [0.1, 0.15) is 36.3 Å². The summed E-state index contributed by atoms with van der Waals surface area (Å²) in [5, 5.41) is 36.5. The number of nitrogens with zero attached hydrogens (tertiary/aromatic N) is 1. The molecule has 22 nitrogen and oxygen atoms in total. The van der Waals surface area contributed by atoms with E-state index in [9.17, 15) is 53.4 Å². The van der Waals surface area contributed by atoms with Crippen molar-refractivity contribution in [1.82, 2.24) is 47.2 Å². The van der Waals surface area contributed by atoms with Crippen molar-refractivity contribution in [3.63, 3.8) is 0 Å². The number of H-pyrrole nitrogens is 1. The third kappa shape index (κ3) is 19.5. The summed E-state index contributed by atoms with van der Waals surface area (Å²) in [6, 6.07) is -0.718. The van der Waals surface area contributed by atoms with Crippen LogP contribution in [0.1, 0.15) is 71.1 Å². The first-order chi connectivity index (χ1) is 30.2. The second-order valence-electron chi connectivity index (χ2n) is 15.9. The number of carboxylic acids is 2. The molecule has 354 valence electrons. The molecule has 0 unspecified atom stereocenters. The molecule has 7 atom stereocenters. The lowest BCUT2D eigenvalue weighted by Crippen LogP contribution is -2.60. The minimum Gasteiger partial charge on any atom is -0.481 e. The second kappa shape index (κ2) is 27.9. The first-order valence-corrected chi connectivity index (χ1v) is 21.5. The van der Waals surface area contributed by atoms with Gasteiger partial charge in [-0.3, -0.25) is 38.4 Å². The van der Waals surface area contributed by atoms with Crippen LogP contribution in [0.2, 0.25) is 0 Å². The van der Waals surface area contributed by atoms with Gasteiger partial charge in [0.05, 0.1) is 31.0 Å². The van der Waals surface area contributed by atoms with E-state index in [2.05, 4.69) is 59.8 Å². The molecule has 14 N–H and O–H groups in total. The number of amides is 7. The number of carboxylic acid groups (broad SMARTS) is 2. The number of imidazole rings is 1. The summed E-state index contributed by atoms with van der Waals surface area (Å²) in [5.74, 6) is -9.37. The van der Waals surface area contributed by atoms with Gasteiger partial charge in [-0.2, -0.15) is 12.6 Å². The quantitative estimate of drug-likeness (QED) is 0.0306. The number of aromatic nitrogens is 2. The standard InChI is InChI=1S/C41H63N11O11S/c1-22(2)14-27(49-39(60)30(17-33(54)55)47-32(53)19-45-40(61)34(43)23(3)4)36(57)48-26(12-8-9-13-42)35(56)50-28(15-24-10-6-5-7-11-24)37(58)51-29(16-25-18-44-21-46-25)38(59)52-31(20-64)41(62)63/h5-7,10-11,18,21-23,26-31,34,64H,8-9,12-17,19-20,42-43H2,1-4H3,(H,44,46)(H,45,61)(H,47,53)(H,48,57)(H,49,60)(H,50,56)(H,51,58)(H,52,59)(H,54,55)(H,62,63)/t26-,27-,28-,29-,30-,31-,34-/m0/s1. The number of nitrogens with two attached hydrogens (primary N) is 2. The van der Waals surface area contributed by atoms with Gasteiger partial charge in [-0.1, -0.05) is 58.0 Å². The molecule has 1 aromatic carbocycles. The van der Waals surface area contributed by atoms with Crippen LogP contribution in [-0.2, 0) is 56.0 Å². The van der Waals surface area contributed by atoms with Gasteiger partial charge in [-0.15, -0.1) is 0 Å². The van der Waals surface area contributed by atoms with Crippen molar-refractivity contribution in [3.8, 4) is 0 Å². The molecule has 64 heavy (non-hydrogen) atoms. The van der Waals surface area contributed by atoms with Crippen LogP contribution in [0.25, 0.3) is 0 Å². The lowest BCUT2D eigenvalue weighted by atomic mass is 10.0. The summed E-state index contributed by atoms with van der Waals surface area (Å²) in [5.41, 5.74) is 12.5. The van der Waals surface area contributed by atoms with E-state index in [-0.39, 0.29) is 49.8 Å². The lowest BCUT2D eigenvalue weighted by molar-refractivity contribution is -0.141. The van der Waals surface area contributed by atoms with E-state index in [1.54, 1.807) is 58.0 Å². The Morgan fingerprint density at radius 2 is 1.25 bits per heavy atom. The van der Waals surface area contributed by atoms with E-state index in [0.717, 1.165) is 0 Å². The third-order valence-corrected chi connectivity index (χ3v) is 10.1. The van der Waals surface area contributed by atoms with Crippen LogP contribution in [0.5, 0.6) is 0 Å². The van der Waals surface area contributed by atoms with Gasteiger partial charge in [0.25, 0.3) is 0 Å². The van der Waals surface area contributed by atoms with Gasteiger partial charge in [0.2, 0.25) is 41.4 Å². The molecule has 23 heteroatoms. The van der Waals surface area contributed by atoms with Crippen LogP contribution in [-0.4, -0.2) is 135 Å². The summed E-state index contributed by atoms with van der Waals surface area (Å²) in [6.45, 7) is 6.57. The molecule has 0 spiro atoms. The summed E-state index contributed by atoms with van der Waals surface area (Å²) < 4.78 is 0. The van der Waals surface area contributed by atoms with Gasteiger partial charge < -0.3 is 63.9 Å². The number of rotatable bonds is 29. The number of aromatic amines is 1. The summed E-state index contributed by atoms with van der Waals surface area (Å²) in [7, 11) is 0. The van der Waals surface area contributed by atoms with Crippen molar-refractivity contribution in [3.05, 3.63) is 54.1 Å². The Morgan fingerprint density at radius 1 is 0.703 bits per heavy atom. The number of aliphatic carboxylic acids is 2. The highest BCUT2D eigenvalue weighted by Crippen LogP contribution is 2.11. The van der Waals surface area contributed by atoms with Gasteiger partial charge in [-0.25, -0.2) is 9.78 Å². The van der Waals surface area contributed by atoms with Crippen LogP contribution in [0.4, 0.5) is 0 Å². The predicted octanol–water partition coefficient (Wildman–Crippen LogP) is -2.13. The van der Waals surface area contributed by atoms with Gasteiger partial charge in [0, 0.05) is 24.8 Å². The fraction of sp³-hybridized carbons (Fsp3) is 0.561. The normalized spacial score (nSPS) is 14.4. The zero-order valence-corrected chi connectivity index (χ0v) is 37.3. The zero-order valence-electron chi connectivity index (χ0n) is 36.4. The smallest absolute Gasteiger partial charge is 0.327 e. The SMILES string of the molecule is CC(C)C[C@H](NC(=O)[C@H](CC(=O)O)NC(=O)CNC(=O)[C@@H](N)C(C)C)C(=O)N[C@@H](CCCCN)C(=O)N[C@@H](Cc1ccccc1)C(=O)N[C@@H](Cc1c[nH]cn1)C(=O)N[C@@H](CS)C(=O)O. The van der Waals surface area contributed by atoms with Crippen molar-refractivity contribution in [2.24, 2.45) is 23.3 Å². The van der Waals surface area contributed by atoms with Gasteiger partial charge >= 0.3 is 11.9 Å².